The van der Waals surface area contributed by atoms with E-state index in [1.54, 1.807) is 20.3 Å². The van der Waals surface area contributed by atoms with E-state index < -0.39 is 6.10 Å². The van der Waals surface area contributed by atoms with Crippen molar-refractivity contribution in [3.05, 3.63) is 23.8 Å². The number of hydrogen-bond donors (Lipinski definition) is 2. The number of likely N-dealkylation sites (tertiary alicyclic amines) is 1. The van der Waals surface area contributed by atoms with Crippen molar-refractivity contribution in [2.45, 2.75) is 38.7 Å². The third-order valence-electron chi connectivity index (χ3n) is 5.78. The highest BCUT2D eigenvalue weighted by Crippen LogP contribution is 2.36. The van der Waals surface area contributed by atoms with Gasteiger partial charge in [-0.3, -0.25) is 4.99 Å². The van der Waals surface area contributed by atoms with E-state index in [0.717, 1.165) is 43.0 Å². The quantitative estimate of drug-likeness (QED) is 0.591. The van der Waals surface area contributed by atoms with Crippen LogP contribution in [0, 0.1) is 11.8 Å². The highest BCUT2D eigenvalue weighted by Gasteiger charge is 2.35. The fraction of sp³-hybridized carbons (Fsp3) is 0.667. The maximum Gasteiger partial charge on any atom is 0.194 e. The van der Waals surface area contributed by atoms with Crippen molar-refractivity contribution in [1.82, 2.24) is 10.2 Å². The molecule has 0 aromatic heterocycles. The molecule has 1 aromatic rings. The Morgan fingerprint density at radius 2 is 1.74 bits per heavy atom. The van der Waals surface area contributed by atoms with E-state index >= 15 is 0 Å². The molecule has 1 aliphatic carbocycles. The van der Waals surface area contributed by atoms with Crippen molar-refractivity contribution in [2.24, 2.45) is 16.8 Å². The van der Waals surface area contributed by atoms with Crippen LogP contribution in [0.3, 0.4) is 0 Å². The van der Waals surface area contributed by atoms with Crippen LogP contribution in [0.15, 0.2) is 23.2 Å². The SMILES string of the molecule is CCNC(=NCC(O)c1cc(OC)cc(OC)c1)N1CC2CCCCC2C1. The van der Waals surface area contributed by atoms with Gasteiger partial charge in [-0.25, -0.2) is 0 Å². The number of guanidine groups is 1. The van der Waals surface area contributed by atoms with Crippen LogP contribution in [0.2, 0.25) is 0 Å². The molecule has 2 fully saturated rings. The average molecular weight is 376 g/mol. The Labute approximate surface area is 162 Å². The van der Waals surface area contributed by atoms with Gasteiger partial charge in [-0.15, -0.1) is 0 Å². The third-order valence-corrected chi connectivity index (χ3v) is 5.78. The van der Waals surface area contributed by atoms with Crippen molar-refractivity contribution in [3.63, 3.8) is 0 Å². The second-order valence-corrected chi connectivity index (χ2v) is 7.57. The summed E-state index contributed by atoms with van der Waals surface area (Å²) in [6.45, 7) is 5.39. The minimum Gasteiger partial charge on any atom is -0.497 e. The van der Waals surface area contributed by atoms with Crippen molar-refractivity contribution in [3.8, 4) is 11.5 Å². The number of rotatable bonds is 6. The lowest BCUT2D eigenvalue weighted by atomic mass is 9.82. The molecule has 1 saturated carbocycles. The van der Waals surface area contributed by atoms with Crippen LogP contribution in [0.25, 0.3) is 0 Å². The van der Waals surface area contributed by atoms with Crippen molar-refractivity contribution >= 4 is 5.96 Å². The summed E-state index contributed by atoms with van der Waals surface area (Å²) < 4.78 is 10.6. The predicted molar refractivity (Wildman–Crippen MR) is 108 cm³/mol. The zero-order chi connectivity index (χ0) is 19.2. The van der Waals surface area contributed by atoms with Crippen LogP contribution < -0.4 is 14.8 Å². The van der Waals surface area contributed by atoms with Gasteiger partial charge in [-0.2, -0.15) is 0 Å². The Morgan fingerprint density at radius 3 is 2.26 bits per heavy atom. The number of aliphatic imine (C=N–C) groups is 1. The van der Waals surface area contributed by atoms with Gasteiger partial charge in [-0.1, -0.05) is 12.8 Å². The van der Waals surface area contributed by atoms with Gasteiger partial charge in [0.05, 0.1) is 26.9 Å². The first-order valence-electron chi connectivity index (χ1n) is 10.1. The average Bonchev–Trinajstić information content (AvgIpc) is 3.14. The second-order valence-electron chi connectivity index (χ2n) is 7.57. The van der Waals surface area contributed by atoms with E-state index in [0.29, 0.717) is 18.0 Å². The molecule has 2 aliphatic rings. The number of fused-ring (bicyclic) bond motifs is 1. The first-order valence-corrected chi connectivity index (χ1v) is 10.1. The minimum atomic E-state index is -0.701. The van der Waals surface area contributed by atoms with E-state index in [1.165, 1.54) is 25.7 Å². The molecule has 150 valence electrons. The summed E-state index contributed by atoms with van der Waals surface area (Å²) in [7, 11) is 3.22. The maximum absolute atomic E-state index is 10.7. The molecule has 0 amide bonds. The first kappa shape index (κ1) is 19.8. The number of aliphatic hydroxyl groups is 1. The van der Waals surface area contributed by atoms with Crippen molar-refractivity contribution < 1.29 is 14.6 Å². The molecule has 0 bridgehead atoms. The molecular weight excluding hydrogens is 342 g/mol. The Balaban J connectivity index is 1.69. The van der Waals surface area contributed by atoms with Gasteiger partial charge in [0.25, 0.3) is 0 Å². The molecule has 0 spiro atoms. The molecular formula is C21H33N3O3. The van der Waals surface area contributed by atoms with Gasteiger partial charge in [0.15, 0.2) is 5.96 Å². The molecule has 3 rings (SSSR count). The summed E-state index contributed by atoms with van der Waals surface area (Å²) in [6.07, 6.45) is 4.70. The second kappa shape index (κ2) is 9.31. The van der Waals surface area contributed by atoms with Crippen LogP contribution in [0.1, 0.15) is 44.3 Å². The standard InChI is InChI=1S/C21H33N3O3/c1-4-22-21(24-13-15-7-5-6-8-16(15)14-24)23-12-20(25)17-9-18(26-2)11-19(10-17)27-3/h9-11,15-16,20,25H,4-8,12-14H2,1-3H3,(H,22,23). The minimum absolute atomic E-state index is 0.310. The van der Waals surface area contributed by atoms with E-state index in [9.17, 15) is 5.11 Å². The smallest absolute Gasteiger partial charge is 0.194 e. The molecule has 3 unspecified atom stereocenters. The number of aliphatic hydroxyl groups excluding tert-OH is 1. The normalized spacial score (nSPS) is 23.7. The fourth-order valence-corrected chi connectivity index (χ4v) is 4.30. The maximum atomic E-state index is 10.7. The number of ether oxygens (including phenoxy) is 2. The lowest BCUT2D eigenvalue weighted by Gasteiger charge is -2.22. The lowest BCUT2D eigenvalue weighted by Crippen LogP contribution is -2.40. The number of nitrogens with zero attached hydrogens (tertiary/aromatic N) is 2. The lowest BCUT2D eigenvalue weighted by molar-refractivity contribution is 0.185. The van der Waals surface area contributed by atoms with Crippen molar-refractivity contribution in [2.75, 3.05) is 40.4 Å². The predicted octanol–water partition coefficient (Wildman–Crippen LogP) is 2.82. The van der Waals surface area contributed by atoms with Gasteiger partial charge < -0.3 is 24.8 Å². The van der Waals surface area contributed by atoms with Crippen LogP contribution in [0.4, 0.5) is 0 Å². The fourth-order valence-electron chi connectivity index (χ4n) is 4.30. The molecule has 1 saturated heterocycles. The highest BCUT2D eigenvalue weighted by molar-refractivity contribution is 5.80. The van der Waals surface area contributed by atoms with Gasteiger partial charge >= 0.3 is 0 Å². The molecule has 6 nitrogen and oxygen atoms in total. The first-order chi connectivity index (χ1) is 13.1. The van der Waals surface area contributed by atoms with Gasteiger partial charge in [0.2, 0.25) is 0 Å². The summed E-state index contributed by atoms with van der Waals surface area (Å²) in [5, 5.41) is 14.1. The number of methoxy groups -OCH3 is 2. The van der Waals surface area contributed by atoms with E-state index in [1.807, 2.05) is 12.1 Å². The van der Waals surface area contributed by atoms with E-state index in [-0.39, 0.29) is 0 Å². The van der Waals surface area contributed by atoms with Gasteiger partial charge in [0.1, 0.15) is 11.5 Å². The van der Waals surface area contributed by atoms with Gasteiger partial charge in [0, 0.05) is 25.7 Å². The van der Waals surface area contributed by atoms with Crippen LogP contribution in [-0.4, -0.2) is 56.4 Å². The highest BCUT2D eigenvalue weighted by atomic mass is 16.5. The number of hydrogen-bond acceptors (Lipinski definition) is 4. The zero-order valence-corrected chi connectivity index (χ0v) is 16.8. The van der Waals surface area contributed by atoms with E-state index in [4.69, 9.17) is 14.5 Å². The molecule has 1 heterocycles. The Morgan fingerprint density at radius 1 is 1.15 bits per heavy atom. The largest absolute Gasteiger partial charge is 0.497 e. The molecule has 1 aromatic carbocycles. The summed E-state index contributed by atoms with van der Waals surface area (Å²) in [5.74, 6) is 3.86. The number of benzene rings is 1. The summed E-state index contributed by atoms with van der Waals surface area (Å²) in [4.78, 5) is 7.12. The summed E-state index contributed by atoms with van der Waals surface area (Å²) in [5.41, 5.74) is 0.751. The number of nitrogens with one attached hydrogen (secondary N) is 1. The van der Waals surface area contributed by atoms with Gasteiger partial charge in [-0.05, 0) is 49.3 Å². The molecule has 3 atom stereocenters. The van der Waals surface area contributed by atoms with Crippen LogP contribution >= 0.6 is 0 Å². The molecule has 2 N–H and O–H groups in total. The molecule has 27 heavy (non-hydrogen) atoms. The van der Waals surface area contributed by atoms with Crippen LogP contribution in [0.5, 0.6) is 11.5 Å². The monoisotopic (exact) mass is 375 g/mol. The summed E-state index contributed by atoms with van der Waals surface area (Å²) in [6, 6.07) is 5.47. The van der Waals surface area contributed by atoms with E-state index in [2.05, 4.69) is 17.1 Å². The van der Waals surface area contributed by atoms with Crippen LogP contribution in [-0.2, 0) is 0 Å². The van der Waals surface area contributed by atoms with Crippen molar-refractivity contribution in [1.29, 1.82) is 0 Å². The molecule has 0 radical (unpaired) electrons. The molecule has 6 heteroatoms. The third kappa shape index (κ3) is 4.86. The summed E-state index contributed by atoms with van der Waals surface area (Å²) >= 11 is 0. The molecule has 1 aliphatic heterocycles. The Hall–Kier alpha value is -1.95. The Kier molecular flexibility index (Phi) is 6.83. The Bertz CT molecular complexity index is 613. The topological polar surface area (TPSA) is 66.3 Å². The zero-order valence-electron chi connectivity index (χ0n) is 16.8.